The molecule has 2 saturated heterocycles. The van der Waals surface area contributed by atoms with E-state index in [9.17, 15) is 14.4 Å². The molecule has 0 unspecified atom stereocenters. The molecular weight excluding hydrogens is 382 g/mol. The van der Waals surface area contributed by atoms with Crippen LogP contribution < -0.4 is 0 Å². The Hall–Kier alpha value is -2.31. The minimum atomic E-state index is -0.351. The minimum Gasteiger partial charge on any atom is -0.461 e. The number of esters is 1. The lowest BCUT2D eigenvalue weighted by molar-refractivity contribution is -0.141. The van der Waals surface area contributed by atoms with Crippen molar-refractivity contribution in [1.82, 2.24) is 14.8 Å². The summed E-state index contributed by atoms with van der Waals surface area (Å²) in [7, 11) is 0. The number of rotatable bonds is 6. The summed E-state index contributed by atoms with van der Waals surface area (Å²) in [5.74, 6) is 0.119. The molecule has 0 aromatic carbocycles. The van der Waals surface area contributed by atoms with Gasteiger partial charge in [0.2, 0.25) is 11.8 Å². The third kappa shape index (κ3) is 5.05. The highest BCUT2D eigenvalue weighted by Gasteiger charge is 2.30. The molecule has 3 heterocycles. The smallest absolute Gasteiger partial charge is 0.355 e. The Morgan fingerprint density at radius 2 is 1.67 bits per heavy atom. The van der Waals surface area contributed by atoms with Gasteiger partial charge in [-0.25, -0.2) is 4.79 Å². The first-order chi connectivity index (χ1) is 14.4. The van der Waals surface area contributed by atoms with Crippen LogP contribution in [0.15, 0.2) is 0 Å². The minimum absolute atomic E-state index is 0.0634. The van der Waals surface area contributed by atoms with Crippen LogP contribution in [0.4, 0.5) is 0 Å². The fourth-order valence-electron chi connectivity index (χ4n) is 4.71. The van der Waals surface area contributed by atoms with Crippen LogP contribution in [0.3, 0.4) is 0 Å². The monoisotopic (exact) mass is 417 g/mol. The highest BCUT2D eigenvalue weighted by atomic mass is 16.5. The van der Waals surface area contributed by atoms with Crippen molar-refractivity contribution in [2.45, 2.75) is 65.7 Å². The number of hydrogen-bond acceptors (Lipinski definition) is 4. The highest BCUT2D eigenvalue weighted by molar-refractivity contribution is 5.90. The number of aromatic nitrogens is 1. The lowest BCUT2D eigenvalue weighted by atomic mass is 9.94. The van der Waals surface area contributed by atoms with Crippen LogP contribution in [0.25, 0.3) is 0 Å². The van der Waals surface area contributed by atoms with Gasteiger partial charge in [0.25, 0.3) is 0 Å². The molecule has 0 aliphatic carbocycles. The first kappa shape index (κ1) is 22.4. The van der Waals surface area contributed by atoms with Gasteiger partial charge in [-0.1, -0.05) is 0 Å². The molecule has 0 bridgehead atoms. The molecule has 2 amide bonds. The molecule has 3 rings (SSSR count). The largest absolute Gasteiger partial charge is 0.461 e. The van der Waals surface area contributed by atoms with Gasteiger partial charge >= 0.3 is 5.97 Å². The number of nitrogens with zero attached hydrogens (tertiary/aromatic N) is 2. The number of carbonyl (C=O) groups excluding carboxylic acids is 3. The number of ether oxygens (including phenoxy) is 1. The molecule has 0 atom stereocenters. The Labute approximate surface area is 179 Å². The van der Waals surface area contributed by atoms with Gasteiger partial charge in [-0.05, 0) is 70.4 Å². The van der Waals surface area contributed by atoms with Crippen LogP contribution in [-0.4, -0.2) is 65.4 Å². The second-order valence-corrected chi connectivity index (χ2v) is 8.49. The van der Waals surface area contributed by atoms with E-state index in [1.807, 2.05) is 23.6 Å². The van der Waals surface area contributed by atoms with Crippen molar-refractivity contribution in [2.75, 3.05) is 32.8 Å². The van der Waals surface area contributed by atoms with Gasteiger partial charge in [0.1, 0.15) is 5.69 Å². The highest BCUT2D eigenvalue weighted by Crippen LogP contribution is 2.24. The van der Waals surface area contributed by atoms with Crippen molar-refractivity contribution in [3.8, 4) is 0 Å². The van der Waals surface area contributed by atoms with E-state index in [1.165, 1.54) is 6.42 Å². The van der Waals surface area contributed by atoms with E-state index in [2.05, 4.69) is 4.98 Å². The zero-order valence-electron chi connectivity index (χ0n) is 18.6. The Kier molecular flexibility index (Phi) is 7.56. The van der Waals surface area contributed by atoms with E-state index in [-0.39, 0.29) is 23.7 Å². The molecule has 1 aromatic rings. The molecule has 2 aliphatic heterocycles. The SMILES string of the molecule is CCOC(=O)c1[nH]c(C)c(CCC(=O)N2CCC(C(=O)N3CCCCC3)CC2)c1C. The van der Waals surface area contributed by atoms with E-state index in [1.54, 1.807) is 6.92 Å². The van der Waals surface area contributed by atoms with Gasteiger partial charge < -0.3 is 19.5 Å². The Morgan fingerprint density at radius 3 is 2.30 bits per heavy atom. The molecule has 2 aliphatic rings. The van der Waals surface area contributed by atoms with Crippen molar-refractivity contribution in [3.05, 3.63) is 22.5 Å². The lowest BCUT2D eigenvalue weighted by Crippen LogP contribution is -2.45. The second-order valence-electron chi connectivity index (χ2n) is 8.49. The van der Waals surface area contributed by atoms with Crippen molar-refractivity contribution in [3.63, 3.8) is 0 Å². The average molecular weight is 418 g/mol. The van der Waals surface area contributed by atoms with Crippen molar-refractivity contribution in [2.24, 2.45) is 5.92 Å². The molecule has 2 fully saturated rings. The molecule has 0 radical (unpaired) electrons. The van der Waals surface area contributed by atoms with Gasteiger partial charge in [-0.3, -0.25) is 9.59 Å². The van der Waals surface area contributed by atoms with E-state index in [0.29, 0.717) is 38.2 Å². The number of piperidine rings is 2. The quantitative estimate of drug-likeness (QED) is 0.722. The Bertz CT molecular complexity index is 772. The summed E-state index contributed by atoms with van der Waals surface area (Å²) in [6, 6.07) is 0. The number of amides is 2. The zero-order valence-corrected chi connectivity index (χ0v) is 18.6. The summed E-state index contributed by atoms with van der Waals surface area (Å²) in [4.78, 5) is 44.5. The van der Waals surface area contributed by atoms with E-state index in [4.69, 9.17) is 4.74 Å². The predicted molar refractivity (Wildman–Crippen MR) is 114 cm³/mol. The normalized spacial score (nSPS) is 17.8. The fourth-order valence-corrected chi connectivity index (χ4v) is 4.71. The van der Waals surface area contributed by atoms with E-state index in [0.717, 1.165) is 55.6 Å². The molecule has 1 N–H and O–H groups in total. The fraction of sp³-hybridized carbons (Fsp3) is 0.696. The third-order valence-electron chi connectivity index (χ3n) is 6.53. The van der Waals surface area contributed by atoms with Gasteiger partial charge in [-0.15, -0.1) is 0 Å². The van der Waals surface area contributed by atoms with E-state index < -0.39 is 0 Å². The first-order valence-electron chi connectivity index (χ1n) is 11.3. The molecule has 0 saturated carbocycles. The molecule has 7 heteroatoms. The summed E-state index contributed by atoms with van der Waals surface area (Å²) in [5, 5.41) is 0. The number of aromatic amines is 1. The molecule has 166 valence electrons. The lowest BCUT2D eigenvalue weighted by Gasteiger charge is -2.35. The first-order valence-corrected chi connectivity index (χ1v) is 11.3. The molecule has 1 aromatic heterocycles. The van der Waals surface area contributed by atoms with Crippen LogP contribution in [-0.2, 0) is 20.7 Å². The summed E-state index contributed by atoms with van der Waals surface area (Å²) in [6.07, 6.45) is 5.97. The maximum Gasteiger partial charge on any atom is 0.355 e. The summed E-state index contributed by atoms with van der Waals surface area (Å²) < 4.78 is 5.09. The van der Waals surface area contributed by atoms with E-state index >= 15 is 0 Å². The number of likely N-dealkylation sites (tertiary alicyclic amines) is 2. The zero-order chi connectivity index (χ0) is 21.7. The Balaban J connectivity index is 1.49. The number of hydrogen-bond donors (Lipinski definition) is 1. The van der Waals surface area contributed by atoms with Crippen LogP contribution in [0.2, 0.25) is 0 Å². The predicted octanol–water partition coefficient (Wildman–Crippen LogP) is 2.99. The van der Waals surface area contributed by atoms with Crippen molar-refractivity contribution >= 4 is 17.8 Å². The molecule has 0 spiro atoms. The van der Waals surface area contributed by atoms with Gasteiger partial charge in [-0.2, -0.15) is 0 Å². The molecule has 7 nitrogen and oxygen atoms in total. The van der Waals surface area contributed by atoms with Crippen LogP contribution in [0, 0.1) is 19.8 Å². The van der Waals surface area contributed by atoms with Crippen LogP contribution >= 0.6 is 0 Å². The summed E-state index contributed by atoms with van der Waals surface area (Å²) in [5.41, 5.74) is 3.27. The average Bonchev–Trinajstić information content (AvgIpc) is 3.06. The molecule has 30 heavy (non-hydrogen) atoms. The standard InChI is InChI=1S/C23H35N3O4/c1-4-30-23(29)21-16(2)19(17(3)24-21)8-9-20(27)25-14-10-18(11-15-25)22(28)26-12-6-5-7-13-26/h18,24H,4-15H2,1-3H3. The van der Waals surface area contributed by atoms with Gasteiger partial charge in [0.15, 0.2) is 0 Å². The van der Waals surface area contributed by atoms with Crippen molar-refractivity contribution in [1.29, 1.82) is 0 Å². The van der Waals surface area contributed by atoms with Gasteiger partial charge in [0, 0.05) is 44.2 Å². The Morgan fingerprint density at radius 1 is 1.00 bits per heavy atom. The van der Waals surface area contributed by atoms with Crippen LogP contribution in [0.5, 0.6) is 0 Å². The molecular formula is C23H35N3O4. The summed E-state index contributed by atoms with van der Waals surface area (Å²) in [6.45, 7) is 9.03. The summed E-state index contributed by atoms with van der Waals surface area (Å²) >= 11 is 0. The number of H-pyrrole nitrogens is 1. The number of carbonyl (C=O) groups is 3. The van der Waals surface area contributed by atoms with Crippen molar-refractivity contribution < 1.29 is 19.1 Å². The van der Waals surface area contributed by atoms with Crippen LogP contribution in [0.1, 0.15) is 72.8 Å². The maximum absolute atomic E-state index is 12.7. The second kappa shape index (κ2) is 10.1. The number of aryl methyl sites for hydroxylation is 1. The maximum atomic E-state index is 12.7. The van der Waals surface area contributed by atoms with Gasteiger partial charge in [0.05, 0.1) is 6.61 Å². The topological polar surface area (TPSA) is 82.7 Å². The number of nitrogens with one attached hydrogen (secondary N) is 1. The third-order valence-corrected chi connectivity index (χ3v) is 6.53.